The van der Waals surface area contributed by atoms with E-state index < -0.39 is 0 Å². The number of hydrogen-bond donors (Lipinski definition) is 0. The number of aryl methyl sites for hydroxylation is 1. The summed E-state index contributed by atoms with van der Waals surface area (Å²) in [5.41, 5.74) is 5.18. The first-order chi connectivity index (χ1) is 11.9. The highest BCUT2D eigenvalue weighted by Crippen LogP contribution is 2.34. The molecule has 0 bridgehead atoms. The van der Waals surface area contributed by atoms with Crippen LogP contribution in [0.1, 0.15) is 0 Å². The van der Waals surface area contributed by atoms with Crippen LogP contribution < -0.4 is 27.3 Å². The minimum absolute atomic E-state index is 0.226. The molecule has 25 heavy (non-hydrogen) atoms. The van der Waals surface area contributed by atoms with Crippen LogP contribution in [-0.2, 0) is 7.05 Å². The van der Waals surface area contributed by atoms with Crippen molar-refractivity contribution in [1.29, 1.82) is 0 Å². The topological polar surface area (TPSA) is 4.93 Å². The van der Waals surface area contributed by atoms with Crippen molar-refractivity contribution in [3.8, 4) is 11.1 Å². The van der Waals surface area contributed by atoms with Crippen LogP contribution in [0.2, 0.25) is 0 Å². The van der Waals surface area contributed by atoms with Gasteiger partial charge in [-0.15, -0.1) is 16.4 Å². The van der Waals surface area contributed by atoms with Crippen molar-refractivity contribution in [2.45, 2.75) is 0 Å². The van der Waals surface area contributed by atoms with Crippen LogP contribution >= 0.6 is 0 Å². The van der Waals surface area contributed by atoms with Crippen molar-refractivity contribution in [3.63, 3.8) is 0 Å². The summed E-state index contributed by atoms with van der Waals surface area (Å²) in [6.07, 6.45) is 0. The van der Waals surface area contributed by atoms with Crippen molar-refractivity contribution in [2.75, 3.05) is 0 Å². The van der Waals surface area contributed by atoms with Crippen LogP contribution in [0.5, 0.6) is 0 Å². The second-order valence-corrected chi connectivity index (χ2v) is 6.22. The summed E-state index contributed by atoms with van der Waals surface area (Å²) in [6, 6.07) is 14.2. The number of benzene rings is 3. The van der Waals surface area contributed by atoms with Crippen molar-refractivity contribution >= 4 is 88.4 Å². The monoisotopic (exact) mass is 307 g/mol. The molecule has 1 nitrogen and oxygen atoms in total. The van der Waals surface area contributed by atoms with Gasteiger partial charge in [0, 0.05) is 28.9 Å². The maximum atomic E-state index is 6.28. The Morgan fingerprint density at radius 2 is 1.20 bits per heavy atom. The average molecular weight is 306 g/mol. The van der Waals surface area contributed by atoms with E-state index in [0.29, 0.717) is 16.5 Å². The van der Waals surface area contributed by atoms with Crippen LogP contribution in [-0.4, -0.2) is 43.8 Å². The van der Waals surface area contributed by atoms with Crippen LogP contribution in [0.3, 0.4) is 0 Å². The fraction of sp³-hybridized carbons (Fsp3) is 0.0526. The lowest BCUT2D eigenvalue weighted by Gasteiger charge is -2.22. The summed E-state index contributed by atoms with van der Waals surface area (Å²) in [5, 5.41) is 2.17. The molecule has 0 unspecified atom stereocenters. The van der Waals surface area contributed by atoms with Crippen LogP contribution in [0.4, 0.5) is 0 Å². The summed E-state index contributed by atoms with van der Waals surface area (Å²) in [7, 11) is 32.6. The van der Waals surface area contributed by atoms with E-state index in [-0.39, 0.29) is 16.4 Å². The van der Waals surface area contributed by atoms with E-state index in [2.05, 4.69) is 22.8 Å². The molecule has 0 atom stereocenters. The normalized spacial score (nSPS) is 11.4. The standard InChI is InChI=1S/C19H10B5N/c1-25-11-7-3-2-5-9(11)13-10(6-4-8-12(13)25)14-15(20)17(22)19(24)18(23)16(14)21/h2-8H,1H3. The Labute approximate surface area is 153 Å². The highest BCUT2D eigenvalue weighted by atomic mass is 14.9. The summed E-state index contributed by atoms with van der Waals surface area (Å²) in [6.45, 7) is 0. The van der Waals surface area contributed by atoms with E-state index in [1.165, 1.54) is 0 Å². The van der Waals surface area contributed by atoms with Crippen molar-refractivity contribution in [3.05, 3.63) is 42.5 Å². The Balaban J connectivity index is 2.23. The van der Waals surface area contributed by atoms with Gasteiger partial charge in [0.2, 0.25) is 0 Å². The van der Waals surface area contributed by atoms with Gasteiger partial charge in [-0.2, -0.15) is 0 Å². The molecule has 10 radical (unpaired) electrons. The number of aromatic nitrogens is 1. The minimum atomic E-state index is 0.226. The number of fused-ring (bicyclic) bond motifs is 3. The van der Waals surface area contributed by atoms with Gasteiger partial charge >= 0.3 is 0 Å². The van der Waals surface area contributed by atoms with Gasteiger partial charge in [-0.05, 0) is 23.3 Å². The maximum Gasteiger partial charge on any atom is 0.113 e. The number of nitrogens with zero attached hydrogens (tertiary/aromatic N) is 1. The van der Waals surface area contributed by atoms with Gasteiger partial charge in [-0.25, -0.2) is 0 Å². The molecule has 0 saturated heterocycles. The zero-order valence-electron chi connectivity index (χ0n) is 13.9. The molecule has 0 aliphatic rings. The summed E-state index contributed by atoms with van der Waals surface area (Å²) in [4.78, 5) is 0. The molecule has 4 rings (SSSR count). The molecule has 1 heterocycles. The Bertz CT molecular complexity index is 1130. The molecule has 0 aliphatic carbocycles. The van der Waals surface area contributed by atoms with Gasteiger partial charge in [0.1, 0.15) is 39.2 Å². The zero-order valence-corrected chi connectivity index (χ0v) is 13.9. The predicted molar refractivity (Wildman–Crippen MR) is 113 cm³/mol. The lowest BCUT2D eigenvalue weighted by molar-refractivity contribution is 1.01. The summed E-state index contributed by atoms with van der Waals surface area (Å²) in [5.74, 6) is 0. The number of para-hydroxylation sites is 1. The summed E-state index contributed by atoms with van der Waals surface area (Å²) < 4.78 is 2.14. The van der Waals surface area contributed by atoms with Crippen molar-refractivity contribution < 1.29 is 0 Å². The maximum absolute atomic E-state index is 6.28. The van der Waals surface area contributed by atoms with E-state index in [9.17, 15) is 0 Å². The first-order valence-electron chi connectivity index (χ1n) is 7.91. The third-order valence-electron chi connectivity index (χ3n) is 4.91. The molecule has 0 N–H and O–H groups in total. The second kappa shape index (κ2) is 5.66. The van der Waals surface area contributed by atoms with Crippen LogP contribution in [0.25, 0.3) is 32.9 Å². The SMILES string of the molecule is [B]c1c([B])c([B])c(-c2cccc3c2c2ccccc2n3C)c([B])c1[B]. The molecule has 4 aromatic rings. The number of rotatable bonds is 1. The lowest BCUT2D eigenvalue weighted by Crippen LogP contribution is -2.55. The van der Waals surface area contributed by atoms with Gasteiger partial charge < -0.3 is 4.57 Å². The van der Waals surface area contributed by atoms with E-state index in [1.54, 1.807) is 0 Å². The molecule has 106 valence electrons. The van der Waals surface area contributed by atoms with E-state index in [0.717, 1.165) is 27.4 Å². The Kier molecular flexibility index (Phi) is 3.68. The average Bonchev–Trinajstić information content (AvgIpc) is 2.92. The summed E-state index contributed by atoms with van der Waals surface area (Å²) >= 11 is 0. The van der Waals surface area contributed by atoms with Crippen molar-refractivity contribution in [1.82, 2.24) is 4.57 Å². The molecular weight excluding hydrogens is 296 g/mol. The van der Waals surface area contributed by atoms with E-state index >= 15 is 0 Å². The molecular formula is C19H10B5N. The smallest absolute Gasteiger partial charge is 0.113 e. The minimum Gasteiger partial charge on any atom is -0.344 e. The fourth-order valence-corrected chi connectivity index (χ4v) is 3.56. The van der Waals surface area contributed by atoms with Gasteiger partial charge in [-0.1, -0.05) is 41.3 Å². The van der Waals surface area contributed by atoms with Crippen LogP contribution in [0.15, 0.2) is 42.5 Å². The molecule has 3 aromatic carbocycles. The second-order valence-electron chi connectivity index (χ2n) is 6.22. The van der Waals surface area contributed by atoms with E-state index in [4.69, 9.17) is 39.2 Å². The highest BCUT2D eigenvalue weighted by Gasteiger charge is 2.17. The van der Waals surface area contributed by atoms with Gasteiger partial charge in [0.25, 0.3) is 0 Å². The Hall–Kier alpha value is -2.22. The highest BCUT2D eigenvalue weighted by molar-refractivity contribution is 6.68. The van der Waals surface area contributed by atoms with E-state index in [1.807, 2.05) is 31.3 Å². The molecule has 0 aliphatic heterocycles. The Morgan fingerprint density at radius 1 is 0.640 bits per heavy atom. The lowest BCUT2D eigenvalue weighted by atomic mass is 9.59. The molecule has 6 heteroatoms. The molecule has 0 amide bonds. The zero-order chi connectivity index (χ0) is 17.9. The number of hydrogen-bond acceptors (Lipinski definition) is 0. The predicted octanol–water partition coefficient (Wildman–Crippen LogP) is -1.03. The van der Waals surface area contributed by atoms with Crippen molar-refractivity contribution in [2.24, 2.45) is 7.05 Å². The Morgan fingerprint density at radius 3 is 1.88 bits per heavy atom. The third kappa shape index (κ3) is 2.16. The van der Waals surface area contributed by atoms with Gasteiger partial charge in [0.15, 0.2) is 0 Å². The molecule has 1 aromatic heterocycles. The molecule has 0 saturated carbocycles. The fourth-order valence-electron chi connectivity index (χ4n) is 3.56. The molecule has 0 spiro atoms. The van der Waals surface area contributed by atoms with Gasteiger partial charge in [-0.3, -0.25) is 0 Å². The first-order valence-corrected chi connectivity index (χ1v) is 7.91. The third-order valence-corrected chi connectivity index (χ3v) is 4.91. The molecule has 0 fully saturated rings. The first kappa shape index (κ1) is 16.3. The van der Waals surface area contributed by atoms with Gasteiger partial charge in [0.05, 0.1) is 0 Å². The quantitative estimate of drug-likeness (QED) is 0.396. The van der Waals surface area contributed by atoms with Crippen LogP contribution in [0, 0.1) is 0 Å². The largest absolute Gasteiger partial charge is 0.344 e.